The van der Waals surface area contributed by atoms with Crippen molar-refractivity contribution in [2.75, 3.05) is 26.2 Å². The summed E-state index contributed by atoms with van der Waals surface area (Å²) in [6.07, 6.45) is 4.78. The largest absolute Gasteiger partial charge is 0.342 e. The second-order valence-corrected chi connectivity index (χ2v) is 8.12. The average molecular weight is 344 g/mol. The van der Waals surface area contributed by atoms with E-state index in [1.807, 2.05) is 4.90 Å². The molecule has 0 bridgehead atoms. The molecule has 0 atom stereocenters. The van der Waals surface area contributed by atoms with Crippen LogP contribution in [0.1, 0.15) is 48.0 Å². The molecule has 1 aromatic rings. The number of nitrogens with zero attached hydrogens (tertiary/aromatic N) is 2. The van der Waals surface area contributed by atoms with Crippen molar-refractivity contribution in [1.29, 1.82) is 0 Å². The van der Waals surface area contributed by atoms with Crippen LogP contribution in [0, 0.1) is 24.1 Å². The van der Waals surface area contributed by atoms with Crippen molar-refractivity contribution in [3.05, 3.63) is 35.1 Å². The Morgan fingerprint density at radius 3 is 2.64 bits per heavy atom. The van der Waals surface area contributed by atoms with E-state index in [0.717, 1.165) is 25.9 Å². The number of aryl methyl sites for hydroxylation is 1. The molecule has 0 unspecified atom stereocenters. The van der Waals surface area contributed by atoms with E-state index in [2.05, 4.69) is 0 Å². The molecule has 25 heavy (non-hydrogen) atoms. The van der Waals surface area contributed by atoms with Gasteiger partial charge in [0.2, 0.25) is 5.91 Å². The van der Waals surface area contributed by atoms with Gasteiger partial charge in [-0.05, 0) is 50.2 Å². The third kappa shape index (κ3) is 3.16. The lowest BCUT2D eigenvalue weighted by molar-refractivity contribution is -0.128. The molecule has 2 heterocycles. The molecule has 134 valence electrons. The first-order valence-corrected chi connectivity index (χ1v) is 9.30. The van der Waals surface area contributed by atoms with Crippen LogP contribution in [0.5, 0.6) is 0 Å². The highest BCUT2D eigenvalue weighted by molar-refractivity contribution is 5.96. The van der Waals surface area contributed by atoms with Crippen LogP contribution < -0.4 is 0 Å². The number of carbonyl (C=O) groups excluding carboxylic acids is 2. The van der Waals surface area contributed by atoms with E-state index in [4.69, 9.17) is 0 Å². The average Bonchev–Trinajstić information content (AvgIpc) is 3.33. The standard InChI is InChI=1S/C20H25FN2O2/c1-14-3-2-4-16(21)18(14)19(25)22-9-7-20(8-10-22)11-17(24)23(13-20)12-15-5-6-15/h2-4,15H,5-13H2,1H3. The number of benzene rings is 1. The van der Waals surface area contributed by atoms with Crippen molar-refractivity contribution >= 4 is 11.8 Å². The summed E-state index contributed by atoms with van der Waals surface area (Å²) in [6, 6.07) is 4.75. The fraction of sp³-hybridized carbons (Fsp3) is 0.600. The lowest BCUT2D eigenvalue weighted by Crippen LogP contribution is -2.44. The highest BCUT2D eigenvalue weighted by Crippen LogP contribution is 2.43. The van der Waals surface area contributed by atoms with E-state index < -0.39 is 5.82 Å². The molecule has 2 amide bonds. The summed E-state index contributed by atoms with van der Waals surface area (Å²) < 4.78 is 14.1. The van der Waals surface area contributed by atoms with Crippen molar-refractivity contribution in [3.8, 4) is 0 Å². The van der Waals surface area contributed by atoms with Gasteiger partial charge < -0.3 is 9.80 Å². The third-order valence-corrected chi connectivity index (χ3v) is 6.13. The van der Waals surface area contributed by atoms with Gasteiger partial charge in [-0.3, -0.25) is 9.59 Å². The Kier molecular flexibility index (Phi) is 4.05. The minimum Gasteiger partial charge on any atom is -0.342 e. The molecule has 3 aliphatic rings. The van der Waals surface area contributed by atoms with Gasteiger partial charge in [0, 0.05) is 38.0 Å². The van der Waals surface area contributed by atoms with E-state index in [1.54, 1.807) is 24.0 Å². The number of carbonyl (C=O) groups is 2. The molecule has 2 aliphatic heterocycles. The first-order valence-electron chi connectivity index (χ1n) is 9.30. The predicted octanol–water partition coefficient (Wildman–Crippen LogP) is 3.00. The van der Waals surface area contributed by atoms with E-state index in [1.165, 1.54) is 18.9 Å². The number of piperidine rings is 1. The minimum absolute atomic E-state index is 0.0209. The Bertz CT molecular complexity index is 685. The molecular formula is C20H25FN2O2. The van der Waals surface area contributed by atoms with Crippen LogP contribution >= 0.6 is 0 Å². The fourth-order valence-corrected chi connectivity index (χ4v) is 4.34. The number of rotatable bonds is 3. The molecule has 2 saturated heterocycles. The Hall–Kier alpha value is -1.91. The van der Waals surface area contributed by atoms with Gasteiger partial charge in [-0.15, -0.1) is 0 Å². The van der Waals surface area contributed by atoms with Gasteiger partial charge in [-0.2, -0.15) is 0 Å². The van der Waals surface area contributed by atoms with Crippen LogP contribution in [0.3, 0.4) is 0 Å². The zero-order valence-corrected chi connectivity index (χ0v) is 14.8. The van der Waals surface area contributed by atoms with Crippen molar-refractivity contribution < 1.29 is 14.0 Å². The third-order valence-electron chi connectivity index (χ3n) is 6.13. The summed E-state index contributed by atoms with van der Waals surface area (Å²) in [4.78, 5) is 28.9. The zero-order chi connectivity index (χ0) is 17.6. The van der Waals surface area contributed by atoms with Crippen molar-refractivity contribution in [1.82, 2.24) is 9.80 Å². The molecule has 1 aliphatic carbocycles. The van der Waals surface area contributed by atoms with E-state index >= 15 is 0 Å². The van der Waals surface area contributed by atoms with Gasteiger partial charge >= 0.3 is 0 Å². The van der Waals surface area contributed by atoms with Crippen LogP contribution in [0.2, 0.25) is 0 Å². The normalized spacial score (nSPS) is 22.7. The lowest BCUT2D eigenvalue weighted by atomic mass is 9.77. The molecule has 5 heteroatoms. The Morgan fingerprint density at radius 1 is 1.28 bits per heavy atom. The van der Waals surface area contributed by atoms with Crippen LogP contribution in [0.25, 0.3) is 0 Å². The maximum atomic E-state index is 14.1. The summed E-state index contributed by atoms with van der Waals surface area (Å²) in [5.41, 5.74) is 0.890. The summed E-state index contributed by atoms with van der Waals surface area (Å²) in [7, 11) is 0. The van der Waals surface area contributed by atoms with Crippen molar-refractivity contribution in [2.24, 2.45) is 11.3 Å². The second kappa shape index (κ2) is 6.11. The number of amides is 2. The molecule has 1 aromatic carbocycles. The quantitative estimate of drug-likeness (QED) is 0.846. The number of halogens is 1. The maximum Gasteiger partial charge on any atom is 0.257 e. The smallest absolute Gasteiger partial charge is 0.257 e. The molecule has 0 N–H and O–H groups in total. The number of likely N-dealkylation sites (tertiary alicyclic amines) is 2. The SMILES string of the molecule is Cc1cccc(F)c1C(=O)N1CCC2(CC1)CC(=O)N(CC1CC1)C2. The minimum atomic E-state index is -0.447. The Labute approximate surface area is 148 Å². The topological polar surface area (TPSA) is 40.6 Å². The molecule has 0 radical (unpaired) electrons. The summed E-state index contributed by atoms with van der Waals surface area (Å²) in [5.74, 6) is 0.322. The summed E-state index contributed by atoms with van der Waals surface area (Å²) >= 11 is 0. The van der Waals surface area contributed by atoms with Crippen LogP contribution in [-0.2, 0) is 4.79 Å². The number of hydrogen-bond donors (Lipinski definition) is 0. The predicted molar refractivity (Wildman–Crippen MR) is 92.6 cm³/mol. The van der Waals surface area contributed by atoms with Gasteiger partial charge in [0.1, 0.15) is 5.82 Å². The first-order chi connectivity index (χ1) is 12.0. The fourth-order valence-electron chi connectivity index (χ4n) is 4.34. The second-order valence-electron chi connectivity index (χ2n) is 8.12. The molecule has 4 rings (SSSR count). The lowest BCUT2D eigenvalue weighted by Gasteiger charge is -2.39. The van der Waals surface area contributed by atoms with E-state index in [0.29, 0.717) is 31.0 Å². The van der Waals surface area contributed by atoms with Gasteiger partial charge in [0.25, 0.3) is 5.91 Å². The van der Waals surface area contributed by atoms with Crippen LogP contribution in [0.4, 0.5) is 4.39 Å². The summed E-state index contributed by atoms with van der Waals surface area (Å²) in [5, 5.41) is 0. The molecule has 3 fully saturated rings. The van der Waals surface area contributed by atoms with E-state index in [9.17, 15) is 14.0 Å². The van der Waals surface area contributed by atoms with Crippen LogP contribution in [-0.4, -0.2) is 47.8 Å². The van der Waals surface area contributed by atoms with Gasteiger partial charge in [0.05, 0.1) is 5.56 Å². The van der Waals surface area contributed by atoms with Crippen molar-refractivity contribution in [2.45, 2.75) is 39.0 Å². The van der Waals surface area contributed by atoms with Crippen molar-refractivity contribution in [3.63, 3.8) is 0 Å². The Morgan fingerprint density at radius 2 is 2.00 bits per heavy atom. The van der Waals surface area contributed by atoms with Gasteiger partial charge in [-0.1, -0.05) is 12.1 Å². The molecule has 1 spiro atoms. The zero-order valence-electron chi connectivity index (χ0n) is 14.8. The highest BCUT2D eigenvalue weighted by atomic mass is 19.1. The first kappa shape index (κ1) is 16.6. The van der Waals surface area contributed by atoms with Gasteiger partial charge in [-0.25, -0.2) is 4.39 Å². The summed E-state index contributed by atoms with van der Waals surface area (Å²) in [6.45, 7) is 4.74. The molecule has 1 saturated carbocycles. The maximum absolute atomic E-state index is 14.1. The highest BCUT2D eigenvalue weighted by Gasteiger charge is 2.46. The van der Waals surface area contributed by atoms with E-state index in [-0.39, 0.29) is 22.8 Å². The molecular weight excluding hydrogens is 319 g/mol. The van der Waals surface area contributed by atoms with Crippen LogP contribution in [0.15, 0.2) is 18.2 Å². The monoisotopic (exact) mass is 344 g/mol. The molecule has 4 nitrogen and oxygen atoms in total. The number of hydrogen-bond acceptors (Lipinski definition) is 2. The molecule has 0 aromatic heterocycles. The Balaban J connectivity index is 1.41. The van der Waals surface area contributed by atoms with Gasteiger partial charge in [0.15, 0.2) is 0 Å².